The molecule has 0 bridgehead atoms. The number of aryl methyl sites for hydroxylation is 1. The summed E-state index contributed by atoms with van der Waals surface area (Å²) in [5.41, 5.74) is 1.86. The van der Waals surface area contributed by atoms with Crippen molar-refractivity contribution in [1.29, 1.82) is 0 Å². The van der Waals surface area contributed by atoms with Crippen molar-refractivity contribution in [2.24, 2.45) is 5.92 Å². The van der Waals surface area contributed by atoms with Crippen LogP contribution in [0.4, 0.5) is 0 Å². The molecule has 3 heterocycles. The van der Waals surface area contributed by atoms with Gasteiger partial charge in [-0.05, 0) is 51.2 Å². The molecule has 156 valence electrons. The number of piperidine rings is 2. The molecule has 4 rings (SSSR count). The van der Waals surface area contributed by atoms with Gasteiger partial charge in [-0.15, -0.1) is 0 Å². The number of rotatable bonds is 3. The van der Waals surface area contributed by atoms with E-state index in [0.29, 0.717) is 25.6 Å². The van der Waals surface area contributed by atoms with Gasteiger partial charge < -0.3 is 14.7 Å². The van der Waals surface area contributed by atoms with Gasteiger partial charge in [0.15, 0.2) is 0 Å². The Labute approximate surface area is 172 Å². The van der Waals surface area contributed by atoms with Gasteiger partial charge in [-0.3, -0.25) is 14.4 Å². The summed E-state index contributed by atoms with van der Waals surface area (Å²) in [5.74, 6) is 0.591. The Morgan fingerprint density at radius 1 is 0.862 bits per heavy atom. The Kier molecular flexibility index (Phi) is 5.88. The lowest BCUT2D eigenvalue weighted by molar-refractivity contribution is -0.139. The molecule has 0 aliphatic carbocycles. The minimum Gasteiger partial charge on any atom is -0.342 e. The number of benzene rings is 1. The molecule has 0 atom stereocenters. The molecule has 1 aromatic carbocycles. The van der Waals surface area contributed by atoms with Gasteiger partial charge >= 0.3 is 0 Å². The molecular weight excluding hydrogens is 366 g/mol. The topological polar surface area (TPSA) is 60.9 Å². The molecule has 29 heavy (non-hydrogen) atoms. The van der Waals surface area contributed by atoms with Crippen LogP contribution in [-0.4, -0.2) is 71.2 Å². The third-order valence-corrected chi connectivity index (χ3v) is 6.76. The van der Waals surface area contributed by atoms with Crippen molar-refractivity contribution in [2.75, 3.05) is 32.7 Å². The van der Waals surface area contributed by atoms with Crippen LogP contribution in [-0.2, 0) is 9.59 Å². The molecule has 3 fully saturated rings. The van der Waals surface area contributed by atoms with Crippen molar-refractivity contribution >= 4 is 17.7 Å². The van der Waals surface area contributed by atoms with Crippen molar-refractivity contribution in [3.05, 3.63) is 35.4 Å². The quantitative estimate of drug-likeness (QED) is 0.787. The maximum absolute atomic E-state index is 13.0. The minimum absolute atomic E-state index is 0.0158. The zero-order valence-corrected chi connectivity index (χ0v) is 17.3. The van der Waals surface area contributed by atoms with Crippen LogP contribution in [0, 0.1) is 12.8 Å². The standard InChI is InChI=1S/C23H31N3O3/c1-17-4-6-18(7-5-17)22(28)24-13-8-19(9-14-24)23(29)25-15-10-20(11-16-25)26-12-2-3-21(26)27/h4-7,19-20H,2-3,8-16H2,1H3. The molecule has 1 aromatic rings. The highest BCUT2D eigenvalue weighted by molar-refractivity contribution is 5.94. The Morgan fingerprint density at radius 2 is 1.48 bits per heavy atom. The van der Waals surface area contributed by atoms with Gasteiger partial charge in [0.25, 0.3) is 5.91 Å². The molecule has 3 aliphatic rings. The van der Waals surface area contributed by atoms with Crippen molar-refractivity contribution in [1.82, 2.24) is 14.7 Å². The van der Waals surface area contributed by atoms with Gasteiger partial charge in [0.05, 0.1) is 0 Å². The van der Waals surface area contributed by atoms with E-state index in [1.807, 2.05) is 45.9 Å². The number of carbonyl (C=O) groups is 3. The molecule has 3 aliphatic heterocycles. The first kappa shape index (κ1) is 19.9. The molecule has 3 amide bonds. The molecule has 0 aromatic heterocycles. The summed E-state index contributed by atoms with van der Waals surface area (Å²) < 4.78 is 0. The number of hydrogen-bond acceptors (Lipinski definition) is 3. The maximum Gasteiger partial charge on any atom is 0.253 e. The second-order valence-corrected chi connectivity index (χ2v) is 8.68. The number of likely N-dealkylation sites (tertiary alicyclic amines) is 3. The third-order valence-electron chi connectivity index (χ3n) is 6.76. The van der Waals surface area contributed by atoms with E-state index < -0.39 is 0 Å². The molecule has 0 spiro atoms. The van der Waals surface area contributed by atoms with Crippen LogP contribution in [0.2, 0.25) is 0 Å². The normalized spacial score (nSPS) is 21.7. The molecule has 0 unspecified atom stereocenters. The SMILES string of the molecule is Cc1ccc(C(=O)N2CCC(C(=O)N3CCC(N4CCCC4=O)CC3)CC2)cc1. The molecule has 0 saturated carbocycles. The van der Waals surface area contributed by atoms with Crippen LogP contribution < -0.4 is 0 Å². The Balaban J connectivity index is 1.25. The first-order valence-corrected chi connectivity index (χ1v) is 11.0. The molecule has 0 radical (unpaired) electrons. The predicted octanol–water partition coefficient (Wildman–Crippen LogP) is 2.46. The van der Waals surface area contributed by atoms with Crippen molar-refractivity contribution < 1.29 is 14.4 Å². The highest BCUT2D eigenvalue weighted by Gasteiger charge is 2.35. The monoisotopic (exact) mass is 397 g/mol. The number of hydrogen-bond donors (Lipinski definition) is 0. The summed E-state index contributed by atoms with van der Waals surface area (Å²) in [4.78, 5) is 43.5. The Hall–Kier alpha value is -2.37. The van der Waals surface area contributed by atoms with Gasteiger partial charge in [0.2, 0.25) is 11.8 Å². The van der Waals surface area contributed by atoms with E-state index in [0.717, 1.165) is 62.9 Å². The lowest BCUT2D eigenvalue weighted by Crippen LogP contribution is -2.50. The van der Waals surface area contributed by atoms with Crippen LogP contribution in [0.15, 0.2) is 24.3 Å². The second-order valence-electron chi connectivity index (χ2n) is 8.68. The van der Waals surface area contributed by atoms with E-state index in [4.69, 9.17) is 0 Å². The van der Waals surface area contributed by atoms with E-state index in [1.165, 1.54) is 0 Å². The fourth-order valence-corrected chi connectivity index (χ4v) is 4.92. The molecule has 6 nitrogen and oxygen atoms in total. The van der Waals surface area contributed by atoms with Gasteiger partial charge in [0.1, 0.15) is 0 Å². The summed E-state index contributed by atoms with van der Waals surface area (Å²) in [6.45, 7) is 5.66. The van der Waals surface area contributed by atoms with E-state index in [2.05, 4.69) is 0 Å². The van der Waals surface area contributed by atoms with Crippen LogP contribution in [0.5, 0.6) is 0 Å². The van der Waals surface area contributed by atoms with Crippen molar-refractivity contribution in [3.63, 3.8) is 0 Å². The summed E-state index contributed by atoms with van der Waals surface area (Å²) in [5, 5.41) is 0. The van der Waals surface area contributed by atoms with Gasteiger partial charge in [0, 0.05) is 56.7 Å². The van der Waals surface area contributed by atoms with Crippen LogP contribution in [0.3, 0.4) is 0 Å². The first-order valence-electron chi connectivity index (χ1n) is 11.0. The third kappa shape index (κ3) is 4.31. The molecular formula is C23H31N3O3. The summed E-state index contributed by atoms with van der Waals surface area (Å²) in [6.07, 6.45) is 4.91. The lowest BCUT2D eigenvalue weighted by atomic mass is 9.93. The van der Waals surface area contributed by atoms with Crippen LogP contribution in [0.25, 0.3) is 0 Å². The number of nitrogens with zero attached hydrogens (tertiary/aromatic N) is 3. The average molecular weight is 398 g/mol. The summed E-state index contributed by atoms with van der Waals surface area (Å²) in [6, 6.07) is 7.99. The maximum atomic E-state index is 13.0. The minimum atomic E-state index is 0.0158. The second kappa shape index (κ2) is 8.56. The largest absolute Gasteiger partial charge is 0.342 e. The zero-order valence-electron chi connectivity index (χ0n) is 17.3. The lowest BCUT2D eigenvalue weighted by Gasteiger charge is -2.39. The highest BCUT2D eigenvalue weighted by atomic mass is 16.2. The van der Waals surface area contributed by atoms with Crippen molar-refractivity contribution in [2.45, 2.75) is 51.5 Å². The Morgan fingerprint density at radius 3 is 2.07 bits per heavy atom. The summed E-state index contributed by atoms with van der Waals surface area (Å²) in [7, 11) is 0. The predicted molar refractivity (Wildman–Crippen MR) is 110 cm³/mol. The van der Waals surface area contributed by atoms with E-state index in [9.17, 15) is 14.4 Å². The smallest absolute Gasteiger partial charge is 0.253 e. The van der Waals surface area contributed by atoms with E-state index in [1.54, 1.807) is 0 Å². The highest BCUT2D eigenvalue weighted by Crippen LogP contribution is 2.26. The van der Waals surface area contributed by atoms with E-state index in [-0.39, 0.29) is 23.6 Å². The van der Waals surface area contributed by atoms with Gasteiger partial charge in [-0.1, -0.05) is 17.7 Å². The van der Waals surface area contributed by atoms with Crippen LogP contribution in [0.1, 0.15) is 54.4 Å². The van der Waals surface area contributed by atoms with E-state index >= 15 is 0 Å². The fourth-order valence-electron chi connectivity index (χ4n) is 4.92. The number of amides is 3. The fraction of sp³-hybridized carbons (Fsp3) is 0.609. The Bertz CT molecular complexity index is 760. The zero-order chi connectivity index (χ0) is 20.4. The summed E-state index contributed by atoms with van der Waals surface area (Å²) >= 11 is 0. The molecule has 6 heteroatoms. The molecule has 3 saturated heterocycles. The molecule has 0 N–H and O–H groups in total. The van der Waals surface area contributed by atoms with Crippen molar-refractivity contribution in [3.8, 4) is 0 Å². The van der Waals surface area contributed by atoms with Crippen LogP contribution >= 0.6 is 0 Å². The van der Waals surface area contributed by atoms with Gasteiger partial charge in [-0.2, -0.15) is 0 Å². The van der Waals surface area contributed by atoms with Gasteiger partial charge in [-0.25, -0.2) is 0 Å². The number of carbonyl (C=O) groups excluding carboxylic acids is 3. The first-order chi connectivity index (χ1) is 14.0. The average Bonchev–Trinajstić information content (AvgIpc) is 3.19.